The van der Waals surface area contributed by atoms with Crippen molar-refractivity contribution in [3.8, 4) is 0 Å². The molecule has 2 atom stereocenters. The lowest BCUT2D eigenvalue weighted by Gasteiger charge is -2.29. The van der Waals surface area contributed by atoms with Gasteiger partial charge in [0.25, 0.3) is 0 Å². The number of benzene rings is 1. The van der Waals surface area contributed by atoms with Crippen molar-refractivity contribution in [2.75, 3.05) is 0 Å². The van der Waals surface area contributed by atoms with Gasteiger partial charge in [0.1, 0.15) is 0 Å². The van der Waals surface area contributed by atoms with Gasteiger partial charge in [-0.1, -0.05) is 140 Å². The fourth-order valence-electron chi connectivity index (χ4n) is 5.29. The Kier molecular flexibility index (Phi) is 15.8. The van der Waals surface area contributed by atoms with E-state index in [4.69, 9.17) is 0 Å². The third kappa shape index (κ3) is 12.5. The quantitative estimate of drug-likeness (QED) is 0.172. The number of rotatable bonds is 21. The van der Waals surface area contributed by atoms with Crippen LogP contribution >= 0.6 is 0 Å². The molecule has 2 aromatic rings. The standard InChI is InChI=1S/C31H52N2/c1-3-5-7-9-11-13-15-20-24-31(33-26-25-32-28-33)30(27-29-21-17-16-18-22-29)23-19-14-12-10-8-6-4-2/h16-18,21-22,25-26,28,30-31H,3-15,19-20,23-24,27H2,1-2H3. The van der Waals surface area contributed by atoms with Crippen LogP contribution in [0.3, 0.4) is 0 Å². The topological polar surface area (TPSA) is 17.8 Å². The third-order valence-corrected chi connectivity index (χ3v) is 7.32. The van der Waals surface area contributed by atoms with E-state index in [1.807, 2.05) is 6.20 Å². The number of imidazole rings is 1. The van der Waals surface area contributed by atoms with Gasteiger partial charge in [-0.3, -0.25) is 0 Å². The smallest absolute Gasteiger partial charge is 0.0948 e. The lowest BCUT2D eigenvalue weighted by atomic mass is 9.84. The molecule has 0 fully saturated rings. The summed E-state index contributed by atoms with van der Waals surface area (Å²) in [6.07, 6.45) is 30.9. The van der Waals surface area contributed by atoms with Crippen LogP contribution in [0.1, 0.15) is 135 Å². The molecule has 0 aliphatic rings. The Morgan fingerprint density at radius 3 is 1.76 bits per heavy atom. The van der Waals surface area contributed by atoms with Gasteiger partial charge in [0.15, 0.2) is 0 Å². The first-order chi connectivity index (χ1) is 16.3. The molecule has 1 aromatic heterocycles. The fourth-order valence-corrected chi connectivity index (χ4v) is 5.29. The van der Waals surface area contributed by atoms with Crippen molar-refractivity contribution in [3.05, 3.63) is 54.6 Å². The fraction of sp³-hybridized carbons (Fsp3) is 0.710. The van der Waals surface area contributed by atoms with Crippen LogP contribution in [0.25, 0.3) is 0 Å². The molecule has 1 heterocycles. The van der Waals surface area contributed by atoms with Gasteiger partial charge in [-0.15, -0.1) is 0 Å². The van der Waals surface area contributed by atoms with Gasteiger partial charge in [0.05, 0.1) is 6.33 Å². The summed E-state index contributed by atoms with van der Waals surface area (Å²) in [5.74, 6) is 0.696. The molecule has 2 unspecified atom stereocenters. The maximum atomic E-state index is 4.42. The second kappa shape index (κ2) is 18.8. The number of aromatic nitrogens is 2. The second-order valence-corrected chi connectivity index (χ2v) is 10.2. The molecule has 0 aliphatic carbocycles. The molecule has 0 aliphatic heterocycles. The summed E-state index contributed by atoms with van der Waals surface area (Å²) < 4.78 is 2.43. The van der Waals surface area contributed by atoms with Crippen LogP contribution < -0.4 is 0 Å². The zero-order valence-electron chi connectivity index (χ0n) is 21.9. The monoisotopic (exact) mass is 452 g/mol. The molecular weight excluding hydrogens is 400 g/mol. The number of hydrogen-bond donors (Lipinski definition) is 0. The molecule has 186 valence electrons. The van der Waals surface area contributed by atoms with Crippen molar-refractivity contribution in [2.24, 2.45) is 5.92 Å². The van der Waals surface area contributed by atoms with Crippen molar-refractivity contribution >= 4 is 0 Å². The molecule has 0 amide bonds. The molecule has 0 radical (unpaired) electrons. The summed E-state index contributed by atoms with van der Waals surface area (Å²) in [6.45, 7) is 4.60. The highest BCUT2D eigenvalue weighted by molar-refractivity contribution is 5.15. The summed E-state index contributed by atoms with van der Waals surface area (Å²) in [4.78, 5) is 4.42. The zero-order chi connectivity index (χ0) is 23.4. The van der Waals surface area contributed by atoms with Crippen molar-refractivity contribution < 1.29 is 0 Å². The summed E-state index contributed by atoms with van der Waals surface area (Å²) in [5.41, 5.74) is 1.49. The first-order valence-corrected chi connectivity index (χ1v) is 14.4. The molecule has 2 rings (SSSR count). The Hall–Kier alpha value is -1.57. The van der Waals surface area contributed by atoms with E-state index in [2.05, 4.69) is 66.3 Å². The highest BCUT2D eigenvalue weighted by Gasteiger charge is 2.23. The number of hydrogen-bond acceptors (Lipinski definition) is 1. The van der Waals surface area contributed by atoms with Crippen LogP contribution in [0.4, 0.5) is 0 Å². The van der Waals surface area contributed by atoms with Crippen LogP contribution in [0.5, 0.6) is 0 Å². The van der Waals surface area contributed by atoms with Gasteiger partial charge in [0, 0.05) is 18.4 Å². The Labute approximate surface area is 205 Å². The molecule has 0 saturated carbocycles. The minimum absolute atomic E-state index is 0.577. The van der Waals surface area contributed by atoms with Crippen LogP contribution in [0, 0.1) is 5.92 Å². The van der Waals surface area contributed by atoms with Gasteiger partial charge >= 0.3 is 0 Å². The average Bonchev–Trinajstić information content (AvgIpc) is 3.37. The van der Waals surface area contributed by atoms with Gasteiger partial charge in [-0.05, 0) is 30.7 Å². The van der Waals surface area contributed by atoms with Gasteiger partial charge in [-0.25, -0.2) is 4.98 Å². The maximum Gasteiger partial charge on any atom is 0.0948 e. The minimum atomic E-state index is 0.577. The molecule has 2 heteroatoms. The third-order valence-electron chi connectivity index (χ3n) is 7.32. The Balaban J connectivity index is 1.89. The van der Waals surface area contributed by atoms with E-state index < -0.39 is 0 Å². The van der Waals surface area contributed by atoms with E-state index in [-0.39, 0.29) is 0 Å². The molecular formula is C31H52N2. The van der Waals surface area contributed by atoms with Crippen LogP contribution in [0.15, 0.2) is 49.1 Å². The SMILES string of the molecule is CCCCCCCCCCC(C(CCCCCCCCC)Cc1ccccc1)n1ccnc1. The highest BCUT2D eigenvalue weighted by atomic mass is 15.1. The first kappa shape index (κ1) is 27.7. The van der Waals surface area contributed by atoms with Crippen LogP contribution in [-0.2, 0) is 6.42 Å². The van der Waals surface area contributed by atoms with Crippen LogP contribution in [-0.4, -0.2) is 9.55 Å². The second-order valence-electron chi connectivity index (χ2n) is 10.2. The first-order valence-electron chi connectivity index (χ1n) is 14.4. The Bertz CT molecular complexity index is 649. The molecule has 0 N–H and O–H groups in total. The summed E-state index contributed by atoms with van der Waals surface area (Å²) >= 11 is 0. The van der Waals surface area contributed by atoms with E-state index in [1.165, 1.54) is 121 Å². The Morgan fingerprint density at radius 2 is 1.21 bits per heavy atom. The van der Waals surface area contributed by atoms with E-state index in [0.29, 0.717) is 12.0 Å². The minimum Gasteiger partial charge on any atom is -0.334 e. The number of unbranched alkanes of at least 4 members (excludes halogenated alkanes) is 13. The predicted octanol–water partition coefficient (Wildman–Crippen LogP) is 9.95. The molecule has 0 spiro atoms. The van der Waals surface area contributed by atoms with Crippen molar-refractivity contribution in [3.63, 3.8) is 0 Å². The Morgan fingerprint density at radius 1 is 0.667 bits per heavy atom. The maximum absolute atomic E-state index is 4.42. The molecule has 33 heavy (non-hydrogen) atoms. The van der Waals surface area contributed by atoms with E-state index >= 15 is 0 Å². The summed E-state index contributed by atoms with van der Waals surface area (Å²) in [5, 5.41) is 0. The largest absolute Gasteiger partial charge is 0.334 e. The van der Waals surface area contributed by atoms with Crippen molar-refractivity contribution in [1.82, 2.24) is 9.55 Å². The van der Waals surface area contributed by atoms with Gasteiger partial charge in [0.2, 0.25) is 0 Å². The lowest BCUT2D eigenvalue weighted by Crippen LogP contribution is -2.21. The zero-order valence-corrected chi connectivity index (χ0v) is 21.9. The van der Waals surface area contributed by atoms with Crippen LogP contribution in [0.2, 0.25) is 0 Å². The molecule has 2 nitrogen and oxygen atoms in total. The normalized spacial score (nSPS) is 13.3. The molecule has 0 bridgehead atoms. The molecule has 0 saturated heterocycles. The molecule has 1 aromatic carbocycles. The highest BCUT2D eigenvalue weighted by Crippen LogP contribution is 2.32. The average molecular weight is 453 g/mol. The van der Waals surface area contributed by atoms with Crippen molar-refractivity contribution in [2.45, 2.75) is 135 Å². The predicted molar refractivity (Wildman–Crippen MR) is 145 cm³/mol. The lowest BCUT2D eigenvalue weighted by molar-refractivity contribution is 0.275. The van der Waals surface area contributed by atoms with Gasteiger partial charge in [-0.2, -0.15) is 0 Å². The van der Waals surface area contributed by atoms with E-state index in [1.54, 1.807) is 0 Å². The summed E-state index contributed by atoms with van der Waals surface area (Å²) in [6, 6.07) is 11.8. The van der Waals surface area contributed by atoms with Gasteiger partial charge < -0.3 is 4.57 Å². The van der Waals surface area contributed by atoms with E-state index in [0.717, 1.165) is 0 Å². The summed E-state index contributed by atoms with van der Waals surface area (Å²) in [7, 11) is 0. The van der Waals surface area contributed by atoms with E-state index in [9.17, 15) is 0 Å². The van der Waals surface area contributed by atoms with Crippen molar-refractivity contribution in [1.29, 1.82) is 0 Å². The number of nitrogens with zero attached hydrogens (tertiary/aromatic N) is 2.